The highest BCUT2D eigenvalue weighted by Crippen LogP contribution is 2.33. The Labute approximate surface area is 174 Å². The number of hydrogen-bond acceptors (Lipinski definition) is 5. The zero-order valence-corrected chi connectivity index (χ0v) is 17.8. The van der Waals surface area contributed by atoms with Crippen molar-refractivity contribution in [2.45, 2.75) is 45.1 Å². The van der Waals surface area contributed by atoms with E-state index in [-0.39, 0.29) is 24.3 Å². The van der Waals surface area contributed by atoms with Gasteiger partial charge in [-0.2, -0.15) is 5.10 Å². The lowest BCUT2D eigenvalue weighted by atomic mass is 9.97. The Bertz CT molecular complexity index is 1020. The van der Waals surface area contributed by atoms with Crippen LogP contribution in [0.15, 0.2) is 18.2 Å². The number of carbonyl (C=O) groups excluding carboxylic acids is 3. The minimum Gasteiger partial charge on any atom is -0.444 e. The number of aromatic nitrogens is 2. The number of hydrogen-bond donors (Lipinski definition) is 1. The van der Waals surface area contributed by atoms with Crippen molar-refractivity contribution in [3.8, 4) is 0 Å². The van der Waals surface area contributed by atoms with Crippen LogP contribution in [0.5, 0.6) is 0 Å². The number of benzene rings is 1. The number of fused-ring (bicyclic) bond motifs is 1. The van der Waals surface area contributed by atoms with E-state index in [0.717, 1.165) is 22.9 Å². The van der Waals surface area contributed by atoms with Crippen LogP contribution >= 0.6 is 0 Å². The number of nitrogens with zero attached hydrogens (tertiary/aromatic N) is 4. The molecule has 1 aromatic heterocycles. The number of nitrogens with one attached hydrogen (secondary N) is 1. The quantitative estimate of drug-likeness (QED) is 0.817. The molecule has 2 fully saturated rings. The minimum atomic E-state index is -0.509. The second-order valence-corrected chi connectivity index (χ2v) is 8.89. The van der Waals surface area contributed by atoms with E-state index in [9.17, 15) is 14.4 Å². The van der Waals surface area contributed by atoms with E-state index >= 15 is 0 Å². The van der Waals surface area contributed by atoms with Crippen molar-refractivity contribution in [3.63, 3.8) is 0 Å². The van der Waals surface area contributed by atoms with Gasteiger partial charge in [0.2, 0.25) is 5.91 Å². The SMILES string of the molecule is Cn1nc(N2CCC(=O)NC2=O)c2ccc(C3CCN(C(=O)OC(C)(C)C)C3)cc21. The summed E-state index contributed by atoms with van der Waals surface area (Å²) in [4.78, 5) is 39.3. The van der Waals surface area contributed by atoms with Gasteiger partial charge in [0, 0.05) is 44.4 Å². The zero-order valence-electron chi connectivity index (χ0n) is 17.8. The number of likely N-dealkylation sites (tertiary alicyclic amines) is 1. The zero-order chi connectivity index (χ0) is 21.6. The first kappa shape index (κ1) is 20.2. The van der Waals surface area contributed by atoms with E-state index in [1.54, 1.807) is 9.58 Å². The Balaban J connectivity index is 1.55. The first-order valence-electron chi connectivity index (χ1n) is 10.2. The molecule has 30 heavy (non-hydrogen) atoms. The van der Waals surface area contributed by atoms with E-state index in [2.05, 4.69) is 16.5 Å². The molecule has 1 unspecified atom stereocenters. The fourth-order valence-electron chi connectivity index (χ4n) is 4.00. The maximum absolute atomic E-state index is 12.4. The summed E-state index contributed by atoms with van der Waals surface area (Å²) in [5.74, 6) is 0.497. The molecule has 9 nitrogen and oxygen atoms in total. The molecule has 0 aliphatic carbocycles. The highest BCUT2D eigenvalue weighted by molar-refractivity contribution is 6.08. The lowest BCUT2D eigenvalue weighted by molar-refractivity contribution is -0.120. The van der Waals surface area contributed by atoms with Crippen LogP contribution in [0.2, 0.25) is 0 Å². The van der Waals surface area contributed by atoms with Gasteiger partial charge in [0.25, 0.3) is 0 Å². The summed E-state index contributed by atoms with van der Waals surface area (Å²) < 4.78 is 7.24. The molecule has 9 heteroatoms. The predicted molar refractivity (Wildman–Crippen MR) is 111 cm³/mol. The van der Waals surface area contributed by atoms with Crippen molar-refractivity contribution in [2.24, 2.45) is 7.05 Å². The molecule has 4 amide bonds. The molecular formula is C21H27N5O4. The molecule has 0 bridgehead atoms. The molecule has 1 atom stereocenters. The third kappa shape index (κ3) is 3.83. The number of amides is 4. The van der Waals surface area contributed by atoms with E-state index in [1.165, 1.54) is 4.90 Å². The highest BCUT2D eigenvalue weighted by Gasteiger charge is 2.32. The maximum atomic E-state index is 12.4. The molecule has 160 valence electrons. The lowest BCUT2D eigenvalue weighted by Crippen LogP contribution is -2.49. The number of anilines is 1. The Morgan fingerprint density at radius 1 is 1.23 bits per heavy atom. The fraction of sp³-hybridized carbons (Fsp3) is 0.524. The van der Waals surface area contributed by atoms with Crippen molar-refractivity contribution in [1.82, 2.24) is 20.0 Å². The van der Waals surface area contributed by atoms with Crippen molar-refractivity contribution >= 4 is 34.8 Å². The van der Waals surface area contributed by atoms with Gasteiger partial charge in [-0.3, -0.25) is 19.7 Å². The van der Waals surface area contributed by atoms with E-state index in [4.69, 9.17) is 4.74 Å². The van der Waals surface area contributed by atoms with Crippen LogP contribution in [0.4, 0.5) is 15.4 Å². The van der Waals surface area contributed by atoms with Crippen LogP contribution in [-0.2, 0) is 16.6 Å². The van der Waals surface area contributed by atoms with Crippen molar-refractivity contribution in [3.05, 3.63) is 23.8 Å². The van der Waals surface area contributed by atoms with Crippen LogP contribution in [0.3, 0.4) is 0 Å². The van der Waals surface area contributed by atoms with Gasteiger partial charge in [0.15, 0.2) is 5.82 Å². The van der Waals surface area contributed by atoms with Gasteiger partial charge in [0.05, 0.1) is 5.52 Å². The molecule has 1 aromatic carbocycles. The number of ether oxygens (including phenoxy) is 1. The number of urea groups is 1. The molecule has 0 spiro atoms. The summed E-state index contributed by atoms with van der Waals surface area (Å²) >= 11 is 0. The van der Waals surface area contributed by atoms with Gasteiger partial charge in [-0.15, -0.1) is 0 Å². The second kappa shape index (κ2) is 7.30. The molecule has 1 N–H and O–H groups in total. The maximum Gasteiger partial charge on any atom is 0.410 e. The smallest absolute Gasteiger partial charge is 0.410 e. The van der Waals surface area contributed by atoms with Crippen LogP contribution in [0, 0.1) is 0 Å². The van der Waals surface area contributed by atoms with Gasteiger partial charge in [-0.1, -0.05) is 6.07 Å². The van der Waals surface area contributed by atoms with Crippen LogP contribution in [-0.4, -0.2) is 57.9 Å². The molecule has 2 aliphatic rings. The van der Waals surface area contributed by atoms with Gasteiger partial charge in [0.1, 0.15) is 5.60 Å². The molecule has 2 aliphatic heterocycles. The summed E-state index contributed by atoms with van der Waals surface area (Å²) in [7, 11) is 1.84. The molecule has 3 heterocycles. The summed E-state index contributed by atoms with van der Waals surface area (Å²) in [5.41, 5.74) is 1.52. The average Bonchev–Trinajstić information content (AvgIpc) is 3.26. The second-order valence-electron chi connectivity index (χ2n) is 8.89. The van der Waals surface area contributed by atoms with Gasteiger partial charge < -0.3 is 9.64 Å². The number of aryl methyl sites for hydroxylation is 1. The Morgan fingerprint density at radius 2 is 2.00 bits per heavy atom. The monoisotopic (exact) mass is 413 g/mol. The first-order valence-corrected chi connectivity index (χ1v) is 10.2. The average molecular weight is 413 g/mol. The van der Waals surface area contributed by atoms with Crippen molar-refractivity contribution in [2.75, 3.05) is 24.5 Å². The number of imide groups is 1. The van der Waals surface area contributed by atoms with E-state index in [0.29, 0.717) is 25.5 Å². The minimum absolute atomic E-state index is 0.219. The highest BCUT2D eigenvalue weighted by atomic mass is 16.6. The summed E-state index contributed by atoms with van der Waals surface area (Å²) in [6.07, 6.45) is 0.843. The molecule has 2 aromatic rings. The van der Waals surface area contributed by atoms with Crippen LogP contribution in [0.1, 0.15) is 45.1 Å². The van der Waals surface area contributed by atoms with E-state index < -0.39 is 11.6 Å². The van der Waals surface area contributed by atoms with Crippen LogP contribution in [0.25, 0.3) is 10.9 Å². The van der Waals surface area contributed by atoms with Gasteiger partial charge in [-0.05, 0) is 44.9 Å². The number of carbonyl (C=O) groups is 3. The van der Waals surface area contributed by atoms with E-state index in [1.807, 2.05) is 40.0 Å². The number of rotatable bonds is 2. The van der Waals surface area contributed by atoms with Crippen LogP contribution < -0.4 is 10.2 Å². The molecule has 0 saturated carbocycles. The topological polar surface area (TPSA) is 96.8 Å². The third-order valence-electron chi connectivity index (χ3n) is 5.48. The van der Waals surface area contributed by atoms with Crippen molar-refractivity contribution < 1.29 is 19.1 Å². The Kier molecular flexibility index (Phi) is 4.91. The van der Waals surface area contributed by atoms with Gasteiger partial charge >= 0.3 is 12.1 Å². The molecule has 4 rings (SSSR count). The van der Waals surface area contributed by atoms with Gasteiger partial charge in [-0.25, -0.2) is 9.59 Å². The summed E-state index contributed by atoms with van der Waals surface area (Å²) in [6.45, 7) is 7.19. The standard InChI is InChI=1S/C21H27N5O4/c1-21(2,3)30-20(29)25-9-7-14(12-25)13-5-6-15-16(11-13)24(4)23-18(15)26-10-8-17(27)22-19(26)28/h5-6,11,14H,7-10,12H2,1-4H3,(H,22,27,28). The molecular weight excluding hydrogens is 386 g/mol. The fourth-order valence-corrected chi connectivity index (χ4v) is 4.00. The Morgan fingerprint density at radius 3 is 2.70 bits per heavy atom. The molecule has 2 saturated heterocycles. The largest absolute Gasteiger partial charge is 0.444 e. The summed E-state index contributed by atoms with van der Waals surface area (Å²) in [6, 6.07) is 5.62. The normalized spacial score (nSPS) is 20.1. The van der Waals surface area contributed by atoms with Crippen molar-refractivity contribution in [1.29, 1.82) is 0 Å². The summed E-state index contributed by atoms with van der Waals surface area (Å²) in [5, 5.41) is 7.72. The lowest BCUT2D eigenvalue weighted by Gasteiger charge is -2.24. The molecule has 0 radical (unpaired) electrons. The Hall–Kier alpha value is -3.10. The first-order chi connectivity index (χ1) is 14.1. The third-order valence-corrected chi connectivity index (χ3v) is 5.48. The predicted octanol–water partition coefficient (Wildman–Crippen LogP) is 2.74.